The number of benzene rings is 1. The molecule has 156 valence electrons. The fourth-order valence-electron chi connectivity index (χ4n) is 4.60. The van der Waals surface area contributed by atoms with Crippen LogP contribution in [0.4, 0.5) is 0 Å². The molecular weight excluding hydrogens is 374 g/mol. The maximum absolute atomic E-state index is 13.4. The van der Waals surface area contributed by atoms with Crippen molar-refractivity contribution in [1.29, 1.82) is 0 Å². The van der Waals surface area contributed by atoms with Crippen LogP contribution in [0, 0.1) is 11.3 Å². The average Bonchev–Trinajstić information content (AvgIpc) is 3.30. The fourth-order valence-corrected chi connectivity index (χ4v) is 4.60. The normalized spacial score (nSPS) is 33.1. The van der Waals surface area contributed by atoms with Gasteiger partial charge in [0, 0.05) is 11.5 Å². The summed E-state index contributed by atoms with van der Waals surface area (Å²) in [4.78, 5) is 28.0. The van der Waals surface area contributed by atoms with E-state index in [1.165, 1.54) is 12.0 Å². The molecule has 3 heterocycles. The minimum atomic E-state index is -1.37. The van der Waals surface area contributed by atoms with Gasteiger partial charge in [-0.15, -0.1) is 0 Å². The molecule has 1 amide bonds. The van der Waals surface area contributed by atoms with E-state index in [1.807, 2.05) is 51.1 Å². The van der Waals surface area contributed by atoms with Gasteiger partial charge >= 0.3 is 5.97 Å². The highest BCUT2D eigenvalue weighted by molar-refractivity contribution is 5.98. The molecule has 0 unspecified atom stereocenters. The molecular formula is C22H27NO6. The summed E-state index contributed by atoms with van der Waals surface area (Å²) < 4.78 is 23.1. The first-order valence-electron chi connectivity index (χ1n) is 9.76. The molecule has 3 aliphatic rings. The zero-order valence-corrected chi connectivity index (χ0v) is 17.4. The summed E-state index contributed by atoms with van der Waals surface area (Å²) in [6.07, 6.45) is 1.12. The van der Waals surface area contributed by atoms with E-state index in [-0.39, 0.29) is 23.9 Å². The highest BCUT2D eigenvalue weighted by atomic mass is 16.7. The molecule has 1 aromatic carbocycles. The Morgan fingerprint density at radius 1 is 1.28 bits per heavy atom. The summed E-state index contributed by atoms with van der Waals surface area (Å²) in [6.45, 7) is 8.00. The van der Waals surface area contributed by atoms with Gasteiger partial charge in [-0.05, 0) is 12.5 Å². The van der Waals surface area contributed by atoms with Crippen LogP contribution in [0.2, 0.25) is 0 Å². The molecule has 3 aliphatic heterocycles. The second-order valence-corrected chi connectivity index (χ2v) is 9.04. The lowest BCUT2D eigenvalue weighted by molar-refractivity contribution is -0.172. The summed E-state index contributed by atoms with van der Waals surface area (Å²) in [7, 11) is 1.32. The van der Waals surface area contributed by atoms with E-state index in [0.717, 1.165) is 5.56 Å². The van der Waals surface area contributed by atoms with Gasteiger partial charge < -0.3 is 18.9 Å². The standard InChI is InChI=1S/C22H27NO6/c1-20(2,3)18-23-17(24)15-11-16(27-12-14-9-7-6-8-10-14)29-21(15,4)22(23,13-28-18)19(25)26-5/h6-11,15,18H,12-13H2,1-5H3/t15-,18-,21-,22+/m0/s1. The highest BCUT2D eigenvalue weighted by Gasteiger charge is 2.78. The van der Waals surface area contributed by atoms with Crippen LogP contribution in [0.3, 0.4) is 0 Å². The van der Waals surface area contributed by atoms with Crippen LogP contribution in [0.1, 0.15) is 33.3 Å². The van der Waals surface area contributed by atoms with Crippen molar-refractivity contribution in [2.24, 2.45) is 11.3 Å². The number of rotatable bonds is 4. The van der Waals surface area contributed by atoms with E-state index in [0.29, 0.717) is 6.61 Å². The molecule has 4 rings (SSSR count). The molecule has 0 radical (unpaired) electrons. The topological polar surface area (TPSA) is 74.3 Å². The molecule has 0 spiro atoms. The van der Waals surface area contributed by atoms with Crippen molar-refractivity contribution in [2.45, 2.75) is 51.7 Å². The van der Waals surface area contributed by atoms with Crippen molar-refractivity contribution in [3.63, 3.8) is 0 Å². The van der Waals surface area contributed by atoms with E-state index in [4.69, 9.17) is 18.9 Å². The van der Waals surface area contributed by atoms with Gasteiger partial charge in [0.15, 0.2) is 5.60 Å². The van der Waals surface area contributed by atoms with E-state index in [9.17, 15) is 9.59 Å². The first-order valence-corrected chi connectivity index (χ1v) is 9.76. The summed E-state index contributed by atoms with van der Waals surface area (Å²) in [5.74, 6) is -1.16. The monoisotopic (exact) mass is 401 g/mol. The summed E-state index contributed by atoms with van der Waals surface area (Å²) >= 11 is 0. The van der Waals surface area contributed by atoms with Gasteiger partial charge in [-0.2, -0.15) is 0 Å². The molecule has 0 aromatic heterocycles. The molecule has 7 heteroatoms. The van der Waals surface area contributed by atoms with Gasteiger partial charge in [-0.1, -0.05) is 51.1 Å². The third-order valence-corrected chi connectivity index (χ3v) is 6.12. The molecule has 4 atom stereocenters. The highest BCUT2D eigenvalue weighted by Crippen LogP contribution is 2.57. The number of carbonyl (C=O) groups excluding carboxylic acids is 2. The summed E-state index contributed by atoms with van der Waals surface area (Å²) in [5.41, 5.74) is -1.94. The van der Waals surface area contributed by atoms with Gasteiger partial charge in [0.1, 0.15) is 18.8 Å². The van der Waals surface area contributed by atoms with Crippen LogP contribution in [0.15, 0.2) is 42.4 Å². The minimum absolute atomic E-state index is 0.0140. The van der Waals surface area contributed by atoms with Crippen LogP contribution in [-0.4, -0.2) is 47.9 Å². The van der Waals surface area contributed by atoms with Crippen molar-refractivity contribution in [3.8, 4) is 0 Å². The quantitative estimate of drug-likeness (QED) is 0.722. The lowest BCUT2D eigenvalue weighted by atomic mass is 9.77. The average molecular weight is 401 g/mol. The van der Waals surface area contributed by atoms with E-state index >= 15 is 0 Å². The maximum atomic E-state index is 13.4. The minimum Gasteiger partial charge on any atom is -0.467 e. The van der Waals surface area contributed by atoms with Gasteiger partial charge in [0.05, 0.1) is 13.7 Å². The zero-order valence-electron chi connectivity index (χ0n) is 17.4. The first kappa shape index (κ1) is 19.8. The Bertz CT molecular complexity index is 860. The zero-order chi connectivity index (χ0) is 21.0. The summed E-state index contributed by atoms with van der Waals surface area (Å²) in [6, 6.07) is 9.67. The Morgan fingerprint density at radius 3 is 2.59 bits per heavy atom. The number of hydrogen-bond donors (Lipinski definition) is 0. The lowest BCUT2D eigenvalue weighted by Crippen LogP contribution is -2.64. The maximum Gasteiger partial charge on any atom is 0.338 e. The van der Waals surface area contributed by atoms with Crippen LogP contribution in [0.25, 0.3) is 0 Å². The molecule has 0 saturated carbocycles. The number of hydrogen-bond acceptors (Lipinski definition) is 6. The Balaban J connectivity index is 1.67. The number of methoxy groups -OCH3 is 1. The predicted octanol–water partition coefficient (Wildman–Crippen LogP) is 2.61. The molecule has 29 heavy (non-hydrogen) atoms. The number of carbonyl (C=O) groups is 2. The van der Waals surface area contributed by atoms with Gasteiger partial charge in [0.2, 0.25) is 11.4 Å². The number of fused-ring (bicyclic) bond motifs is 3. The fraction of sp³-hybridized carbons (Fsp3) is 0.545. The van der Waals surface area contributed by atoms with E-state index in [1.54, 1.807) is 13.0 Å². The molecule has 0 aliphatic carbocycles. The Kier molecular flexibility index (Phi) is 4.42. The van der Waals surface area contributed by atoms with E-state index in [2.05, 4.69) is 0 Å². The van der Waals surface area contributed by atoms with Crippen molar-refractivity contribution in [3.05, 3.63) is 47.9 Å². The predicted molar refractivity (Wildman–Crippen MR) is 103 cm³/mol. The Hall–Kier alpha value is -2.54. The smallest absolute Gasteiger partial charge is 0.338 e. The van der Waals surface area contributed by atoms with Crippen LogP contribution in [0.5, 0.6) is 0 Å². The van der Waals surface area contributed by atoms with Crippen molar-refractivity contribution < 1.29 is 28.5 Å². The van der Waals surface area contributed by atoms with Gasteiger partial charge in [0.25, 0.3) is 5.95 Å². The third kappa shape index (κ3) is 2.67. The van der Waals surface area contributed by atoms with Crippen molar-refractivity contribution in [2.75, 3.05) is 13.7 Å². The second kappa shape index (κ2) is 6.49. The lowest BCUT2D eigenvalue weighted by Gasteiger charge is -2.41. The summed E-state index contributed by atoms with van der Waals surface area (Å²) in [5, 5.41) is 0. The number of nitrogens with zero attached hydrogens (tertiary/aromatic N) is 1. The van der Waals surface area contributed by atoms with Gasteiger partial charge in [-0.3, -0.25) is 9.69 Å². The third-order valence-electron chi connectivity index (χ3n) is 6.12. The van der Waals surface area contributed by atoms with E-state index < -0.39 is 29.3 Å². The molecule has 2 fully saturated rings. The van der Waals surface area contributed by atoms with Crippen molar-refractivity contribution in [1.82, 2.24) is 4.90 Å². The first-order chi connectivity index (χ1) is 13.6. The Morgan fingerprint density at radius 2 is 1.97 bits per heavy atom. The second-order valence-electron chi connectivity index (χ2n) is 9.04. The van der Waals surface area contributed by atoms with Gasteiger partial charge in [-0.25, -0.2) is 4.79 Å². The number of ether oxygens (including phenoxy) is 4. The van der Waals surface area contributed by atoms with Crippen molar-refractivity contribution >= 4 is 11.9 Å². The SMILES string of the molecule is COC(=O)[C@@]12CO[C@@H](C(C)(C)C)N1C(=O)[C@@H]1C=C(OCc3ccccc3)O[C@@]12C. The number of amides is 1. The molecule has 2 saturated heterocycles. The van der Waals surface area contributed by atoms with Crippen LogP contribution >= 0.6 is 0 Å². The Labute approximate surface area is 170 Å². The van der Waals surface area contributed by atoms with Crippen LogP contribution in [-0.2, 0) is 35.1 Å². The molecule has 0 N–H and O–H groups in total. The molecule has 0 bridgehead atoms. The van der Waals surface area contributed by atoms with Crippen LogP contribution < -0.4 is 0 Å². The largest absolute Gasteiger partial charge is 0.467 e. The molecule has 7 nitrogen and oxygen atoms in total. The molecule has 1 aromatic rings. The number of esters is 1.